The lowest BCUT2D eigenvalue weighted by Crippen LogP contribution is -2.26. The number of amides is 1. The molecule has 1 amide bonds. The lowest BCUT2D eigenvalue weighted by molar-refractivity contribution is -0.384. The summed E-state index contributed by atoms with van der Waals surface area (Å²) in [6.07, 6.45) is 0. The van der Waals surface area contributed by atoms with E-state index in [0.717, 1.165) is 0 Å². The minimum Gasteiger partial charge on any atom is -0.494 e. The number of ether oxygens (including phenoxy) is 1. The van der Waals surface area contributed by atoms with E-state index in [-0.39, 0.29) is 23.9 Å². The Morgan fingerprint density at radius 2 is 1.91 bits per heavy atom. The van der Waals surface area contributed by atoms with Gasteiger partial charge in [0.1, 0.15) is 0 Å². The van der Waals surface area contributed by atoms with Crippen molar-refractivity contribution in [2.45, 2.75) is 6.54 Å². The average Bonchev–Trinajstić information content (AvgIpc) is 2.54. The maximum Gasteiger partial charge on any atom is 0.269 e. The molecule has 2 aromatic rings. The summed E-state index contributed by atoms with van der Waals surface area (Å²) in [6, 6.07) is 9.80. The molecule has 7 heteroatoms. The molecule has 0 bridgehead atoms. The summed E-state index contributed by atoms with van der Waals surface area (Å²) >= 11 is 0. The zero-order chi connectivity index (χ0) is 17.0. The maximum atomic E-state index is 13.7. The van der Waals surface area contributed by atoms with Crippen LogP contribution in [0.1, 0.15) is 15.9 Å². The molecule has 0 N–H and O–H groups in total. The van der Waals surface area contributed by atoms with Crippen LogP contribution in [0.25, 0.3) is 0 Å². The van der Waals surface area contributed by atoms with Crippen LogP contribution in [0.15, 0.2) is 42.5 Å². The number of halogens is 1. The molecule has 0 heterocycles. The van der Waals surface area contributed by atoms with Gasteiger partial charge in [-0.2, -0.15) is 0 Å². The smallest absolute Gasteiger partial charge is 0.269 e. The largest absolute Gasteiger partial charge is 0.494 e. The van der Waals surface area contributed by atoms with E-state index in [1.807, 2.05) is 0 Å². The first-order valence-corrected chi connectivity index (χ1v) is 6.74. The van der Waals surface area contributed by atoms with Crippen molar-refractivity contribution in [3.8, 4) is 5.75 Å². The molecule has 0 spiro atoms. The molecule has 120 valence electrons. The van der Waals surface area contributed by atoms with Crippen molar-refractivity contribution in [2.75, 3.05) is 14.2 Å². The molecule has 0 atom stereocenters. The van der Waals surface area contributed by atoms with Crippen LogP contribution in [-0.2, 0) is 6.54 Å². The molecular weight excluding hydrogens is 303 g/mol. The van der Waals surface area contributed by atoms with Crippen molar-refractivity contribution >= 4 is 11.6 Å². The number of nitro groups is 1. The molecule has 2 rings (SSSR count). The summed E-state index contributed by atoms with van der Waals surface area (Å²) in [4.78, 5) is 23.8. The van der Waals surface area contributed by atoms with E-state index < -0.39 is 10.7 Å². The summed E-state index contributed by atoms with van der Waals surface area (Å²) in [5, 5.41) is 10.6. The van der Waals surface area contributed by atoms with E-state index in [4.69, 9.17) is 4.74 Å². The normalized spacial score (nSPS) is 10.2. The van der Waals surface area contributed by atoms with Gasteiger partial charge >= 0.3 is 0 Å². The fourth-order valence-electron chi connectivity index (χ4n) is 2.10. The summed E-state index contributed by atoms with van der Waals surface area (Å²) < 4.78 is 18.5. The molecule has 0 fully saturated rings. The molecule has 0 saturated carbocycles. The number of hydrogen-bond donors (Lipinski definition) is 0. The highest BCUT2D eigenvalue weighted by molar-refractivity contribution is 5.94. The number of rotatable bonds is 5. The number of carbonyl (C=O) groups excluding carboxylic acids is 1. The van der Waals surface area contributed by atoms with Crippen LogP contribution in [0.3, 0.4) is 0 Å². The Balaban J connectivity index is 2.10. The van der Waals surface area contributed by atoms with E-state index >= 15 is 0 Å². The third kappa shape index (κ3) is 3.82. The number of non-ortho nitro benzene ring substituents is 1. The second kappa shape index (κ2) is 6.87. The van der Waals surface area contributed by atoms with Crippen molar-refractivity contribution < 1.29 is 18.8 Å². The van der Waals surface area contributed by atoms with E-state index in [1.165, 1.54) is 48.4 Å². The van der Waals surface area contributed by atoms with Crippen LogP contribution in [0, 0.1) is 15.9 Å². The second-order valence-corrected chi connectivity index (χ2v) is 4.93. The van der Waals surface area contributed by atoms with Gasteiger partial charge in [-0.05, 0) is 29.8 Å². The average molecular weight is 318 g/mol. The topological polar surface area (TPSA) is 72.7 Å². The van der Waals surface area contributed by atoms with E-state index in [9.17, 15) is 19.3 Å². The quantitative estimate of drug-likeness (QED) is 0.627. The number of methoxy groups -OCH3 is 1. The molecule has 0 saturated heterocycles. The fourth-order valence-corrected chi connectivity index (χ4v) is 2.10. The molecule has 23 heavy (non-hydrogen) atoms. The lowest BCUT2D eigenvalue weighted by atomic mass is 10.1. The zero-order valence-corrected chi connectivity index (χ0v) is 12.7. The summed E-state index contributed by atoms with van der Waals surface area (Å²) in [6.45, 7) is 0.205. The van der Waals surface area contributed by atoms with Crippen molar-refractivity contribution in [1.82, 2.24) is 4.90 Å². The molecule has 6 nitrogen and oxygen atoms in total. The molecule has 0 unspecified atom stereocenters. The first kappa shape index (κ1) is 16.4. The van der Waals surface area contributed by atoms with Gasteiger partial charge in [0.25, 0.3) is 11.6 Å². The lowest BCUT2D eigenvalue weighted by Gasteiger charge is -2.17. The highest BCUT2D eigenvalue weighted by atomic mass is 19.1. The molecule has 2 aromatic carbocycles. The standard InChI is InChI=1S/C16H15FN2O4/c1-18(10-11-3-8-15(23-2)14(17)9-11)16(20)12-4-6-13(7-5-12)19(21)22/h3-9H,10H2,1-2H3. The third-order valence-electron chi connectivity index (χ3n) is 3.31. The van der Waals surface area contributed by atoms with Crippen molar-refractivity contribution in [3.63, 3.8) is 0 Å². The van der Waals surface area contributed by atoms with Crippen LogP contribution in [0.5, 0.6) is 5.75 Å². The van der Waals surface area contributed by atoms with Crippen molar-refractivity contribution in [1.29, 1.82) is 0 Å². The Kier molecular flexibility index (Phi) is 4.90. The minimum absolute atomic E-state index is 0.0820. The molecular formula is C16H15FN2O4. The van der Waals surface area contributed by atoms with Gasteiger partial charge in [-0.25, -0.2) is 4.39 Å². The van der Waals surface area contributed by atoms with Gasteiger partial charge in [0.2, 0.25) is 0 Å². The first-order valence-electron chi connectivity index (χ1n) is 6.74. The Hall–Kier alpha value is -2.96. The highest BCUT2D eigenvalue weighted by Crippen LogP contribution is 2.19. The van der Waals surface area contributed by atoms with Crippen molar-refractivity contribution in [3.05, 3.63) is 69.5 Å². The predicted octanol–water partition coefficient (Wildman–Crippen LogP) is 3.01. The molecule has 0 radical (unpaired) electrons. The Morgan fingerprint density at radius 1 is 1.26 bits per heavy atom. The summed E-state index contributed by atoms with van der Waals surface area (Å²) in [7, 11) is 2.95. The molecule has 0 aromatic heterocycles. The van der Waals surface area contributed by atoms with Gasteiger partial charge in [0, 0.05) is 31.3 Å². The zero-order valence-electron chi connectivity index (χ0n) is 12.7. The maximum absolute atomic E-state index is 13.7. The number of benzene rings is 2. The van der Waals surface area contributed by atoms with Crippen LogP contribution >= 0.6 is 0 Å². The van der Waals surface area contributed by atoms with Crippen LogP contribution < -0.4 is 4.74 Å². The SMILES string of the molecule is COc1ccc(CN(C)C(=O)c2ccc([N+](=O)[O-])cc2)cc1F. The van der Waals surface area contributed by atoms with Crippen LogP contribution in [0.2, 0.25) is 0 Å². The number of hydrogen-bond acceptors (Lipinski definition) is 4. The molecule has 0 aliphatic carbocycles. The van der Waals surface area contributed by atoms with E-state index in [1.54, 1.807) is 13.1 Å². The monoisotopic (exact) mass is 318 g/mol. The highest BCUT2D eigenvalue weighted by Gasteiger charge is 2.14. The third-order valence-corrected chi connectivity index (χ3v) is 3.31. The van der Waals surface area contributed by atoms with Crippen molar-refractivity contribution in [2.24, 2.45) is 0 Å². The number of nitro benzene ring substituents is 1. The Bertz CT molecular complexity index is 731. The number of carbonyl (C=O) groups is 1. The predicted molar refractivity (Wildman–Crippen MR) is 81.8 cm³/mol. The van der Waals surface area contributed by atoms with Gasteiger partial charge in [-0.3, -0.25) is 14.9 Å². The Labute approximate surface area is 132 Å². The van der Waals surface area contributed by atoms with Gasteiger partial charge in [0.05, 0.1) is 12.0 Å². The molecule has 0 aliphatic heterocycles. The fraction of sp³-hybridized carbons (Fsp3) is 0.188. The second-order valence-electron chi connectivity index (χ2n) is 4.93. The Morgan fingerprint density at radius 3 is 2.43 bits per heavy atom. The van der Waals surface area contributed by atoms with E-state index in [0.29, 0.717) is 11.1 Å². The van der Waals surface area contributed by atoms with Crippen LogP contribution in [0.4, 0.5) is 10.1 Å². The van der Waals surface area contributed by atoms with Gasteiger partial charge < -0.3 is 9.64 Å². The minimum atomic E-state index is -0.530. The van der Waals surface area contributed by atoms with Gasteiger partial charge in [-0.15, -0.1) is 0 Å². The van der Waals surface area contributed by atoms with Crippen LogP contribution in [-0.4, -0.2) is 29.9 Å². The van der Waals surface area contributed by atoms with E-state index in [2.05, 4.69) is 0 Å². The first-order chi connectivity index (χ1) is 10.9. The molecule has 0 aliphatic rings. The van der Waals surface area contributed by atoms with Gasteiger partial charge in [0.15, 0.2) is 11.6 Å². The summed E-state index contributed by atoms with van der Waals surface area (Å²) in [5.74, 6) is -0.671. The summed E-state index contributed by atoms with van der Waals surface area (Å²) in [5.41, 5.74) is 0.856. The number of nitrogens with zero attached hydrogens (tertiary/aromatic N) is 2. The van der Waals surface area contributed by atoms with Gasteiger partial charge in [-0.1, -0.05) is 6.07 Å².